The van der Waals surface area contributed by atoms with Crippen molar-refractivity contribution in [3.8, 4) is 10.6 Å². The summed E-state index contributed by atoms with van der Waals surface area (Å²) in [6.07, 6.45) is 1.64. The van der Waals surface area contributed by atoms with Crippen molar-refractivity contribution >= 4 is 34.8 Å². The average molecular weight is 412 g/mol. The fourth-order valence-electron chi connectivity index (χ4n) is 3.13. The Labute approximate surface area is 172 Å². The Morgan fingerprint density at radius 2 is 1.46 bits per heavy atom. The number of piperazine rings is 1. The maximum Gasteiger partial charge on any atom is 0.265 e. The maximum atomic E-state index is 12.8. The van der Waals surface area contributed by atoms with Crippen molar-refractivity contribution in [3.05, 3.63) is 76.3 Å². The second-order valence-electron chi connectivity index (χ2n) is 6.49. The quantitative estimate of drug-likeness (QED) is 0.653. The lowest BCUT2D eigenvalue weighted by Gasteiger charge is -2.34. The number of hydrogen-bond donors (Lipinski definition) is 0. The lowest BCUT2D eigenvalue weighted by molar-refractivity contribution is 0.0538. The highest BCUT2D eigenvalue weighted by Crippen LogP contribution is 2.26. The molecule has 0 atom stereocenters. The van der Waals surface area contributed by atoms with Crippen molar-refractivity contribution in [2.24, 2.45) is 0 Å². The Balaban J connectivity index is 1.38. The van der Waals surface area contributed by atoms with Crippen LogP contribution < -0.4 is 0 Å². The van der Waals surface area contributed by atoms with Gasteiger partial charge in [0.2, 0.25) is 0 Å². The second kappa shape index (κ2) is 8.12. The molecule has 0 bridgehead atoms. The van der Waals surface area contributed by atoms with Gasteiger partial charge in [-0.05, 0) is 24.3 Å². The molecule has 1 saturated heterocycles. The average Bonchev–Trinajstić information content (AvgIpc) is 3.24. The van der Waals surface area contributed by atoms with Crippen LogP contribution in [0.15, 0.2) is 60.8 Å². The highest BCUT2D eigenvalue weighted by Gasteiger charge is 2.26. The van der Waals surface area contributed by atoms with E-state index in [4.69, 9.17) is 11.6 Å². The maximum absolute atomic E-state index is 12.8. The van der Waals surface area contributed by atoms with Crippen LogP contribution in [-0.4, -0.2) is 52.8 Å². The smallest absolute Gasteiger partial charge is 0.265 e. The van der Waals surface area contributed by atoms with Gasteiger partial charge in [0, 0.05) is 42.3 Å². The van der Waals surface area contributed by atoms with Crippen molar-refractivity contribution in [2.75, 3.05) is 26.2 Å². The van der Waals surface area contributed by atoms with Crippen molar-refractivity contribution in [1.82, 2.24) is 14.8 Å². The monoisotopic (exact) mass is 411 g/mol. The highest BCUT2D eigenvalue weighted by atomic mass is 35.5. The van der Waals surface area contributed by atoms with Gasteiger partial charge in [-0.3, -0.25) is 9.59 Å². The third-order valence-electron chi connectivity index (χ3n) is 4.68. The number of amides is 2. The first-order valence-corrected chi connectivity index (χ1v) is 10.2. The first kappa shape index (κ1) is 18.7. The minimum Gasteiger partial charge on any atom is -0.335 e. The summed E-state index contributed by atoms with van der Waals surface area (Å²) >= 11 is 7.28. The SMILES string of the molecule is O=C(c1ccc(Cl)cc1)N1CCN(C(=O)c2cnc(-c3ccccc3)s2)CC1. The molecule has 142 valence electrons. The third kappa shape index (κ3) is 3.93. The lowest BCUT2D eigenvalue weighted by Crippen LogP contribution is -2.50. The fourth-order valence-corrected chi connectivity index (χ4v) is 4.15. The molecule has 1 aliphatic rings. The van der Waals surface area contributed by atoms with E-state index in [0.717, 1.165) is 10.6 Å². The fraction of sp³-hybridized carbons (Fsp3) is 0.190. The standard InChI is InChI=1S/C21H18ClN3O2S/c22-17-8-6-16(7-9-17)20(26)24-10-12-25(13-11-24)21(27)18-14-23-19(28-18)15-4-2-1-3-5-15/h1-9,14H,10-13H2. The number of nitrogens with zero attached hydrogens (tertiary/aromatic N) is 3. The third-order valence-corrected chi connectivity index (χ3v) is 5.97. The number of benzene rings is 2. The number of aromatic nitrogens is 1. The van der Waals surface area contributed by atoms with Gasteiger partial charge in [0.05, 0.1) is 6.20 Å². The van der Waals surface area contributed by atoms with Gasteiger partial charge in [0.15, 0.2) is 0 Å². The molecule has 0 aliphatic carbocycles. The molecular weight excluding hydrogens is 394 g/mol. The van der Waals surface area contributed by atoms with Gasteiger partial charge in [-0.2, -0.15) is 0 Å². The Hall–Kier alpha value is -2.70. The highest BCUT2D eigenvalue weighted by molar-refractivity contribution is 7.16. The predicted octanol–water partition coefficient (Wildman–Crippen LogP) is 4.06. The molecule has 1 aromatic heterocycles. The van der Waals surface area contributed by atoms with Crippen molar-refractivity contribution in [2.45, 2.75) is 0 Å². The summed E-state index contributed by atoms with van der Waals surface area (Å²) < 4.78 is 0. The van der Waals surface area contributed by atoms with Crippen LogP contribution in [0.3, 0.4) is 0 Å². The van der Waals surface area contributed by atoms with Crippen molar-refractivity contribution in [3.63, 3.8) is 0 Å². The van der Waals surface area contributed by atoms with Gasteiger partial charge in [-0.1, -0.05) is 41.9 Å². The van der Waals surface area contributed by atoms with E-state index in [-0.39, 0.29) is 11.8 Å². The van der Waals surface area contributed by atoms with Crippen LogP contribution in [0, 0.1) is 0 Å². The summed E-state index contributed by atoms with van der Waals surface area (Å²) in [6, 6.07) is 16.7. The van der Waals surface area contributed by atoms with E-state index in [1.807, 2.05) is 30.3 Å². The number of thiazole rings is 1. The molecule has 4 rings (SSSR count). The Morgan fingerprint density at radius 1 is 0.857 bits per heavy atom. The number of carbonyl (C=O) groups is 2. The number of halogens is 1. The van der Waals surface area contributed by atoms with E-state index in [2.05, 4.69) is 4.98 Å². The van der Waals surface area contributed by atoms with Crippen LogP contribution in [0.1, 0.15) is 20.0 Å². The molecule has 3 aromatic rings. The van der Waals surface area contributed by atoms with Gasteiger partial charge in [-0.15, -0.1) is 11.3 Å². The summed E-state index contributed by atoms with van der Waals surface area (Å²) in [6.45, 7) is 2.04. The molecule has 2 heterocycles. The molecule has 0 N–H and O–H groups in total. The van der Waals surface area contributed by atoms with E-state index >= 15 is 0 Å². The van der Waals surface area contributed by atoms with Crippen molar-refractivity contribution in [1.29, 1.82) is 0 Å². The first-order chi connectivity index (χ1) is 13.6. The number of carbonyl (C=O) groups excluding carboxylic acids is 2. The van der Waals surface area contributed by atoms with Gasteiger partial charge >= 0.3 is 0 Å². The molecule has 2 amide bonds. The molecule has 1 fully saturated rings. The summed E-state index contributed by atoms with van der Waals surface area (Å²) in [5, 5.41) is 1.44. The number of hydrogen-bond acceptors (Lipinski definition) is 4. The molecule has 0 spiro atoms. The molecule has 28 heavy (non-hydrogen) atoms. The van der Waals surface area contributed by atoms with Gasteiger partial charge < -0.3 is 9.80 Å². The molecule has 0 radical (unpaired) electrons. The van der Waals surface area contributed by atoms with E-state index in [1.54, 1.807) is 40.3 Å². The summed E-state index contributed by atoms with van der Waals surface area (Å²) in [5.74, 6) is -0.0637. The Bertz CT molecular complexity index is 980. The van der Waals surface area contributed by atoms with Crippen molar-refractivity contribution < 1.29 is 9.59 Å². The molecule has 7 heteroatoms. The van der Waals surface area contributed by atoms with Gasteiger partial charge in [0.25, 0.3) is 11.8 Å². The van der Waals surface area contributed by atoms with E-state index in [1.165, 1.54) is 11.3 Å². The van der Waals surface area contributed by atoms with Gasteiger partial charge in [-0.25, -0.2) is 4.98 Å². The van der Waals surface area contributed by atoms with E-state index < -0.39 is 0 Å². The largest absolute Gasteiger partial charge is 0.335 e. The Kier molecular flexibility index (Phi) is 5.41. The molecule has 5 nitrogen and oxygen atoms in total. The van der Waals surface area contributed by atoms with E-state index in [9.17, 15) is 9.59 Å². The van der Waals surface area contributed by atoms with Crippen LogP contribution in [0.5, 0.6) is 0 Å². The summed E-state index contributed by atoms with van der Waals surface area (Å²) in [4.78, 5) is 34.0. The van der Waals surface area contributed by atoms with Crippen LogP contribution in [0.4, 0.5) is 0 Å². The molecular formula is C21H18ClN3O2S. The van der Waals surface area contributed by atoms with Crippen LogP contribution in [0.25, 0.3) is 10.6 Å². The minimum atomic E-state index is -0.0343. The van der Waals surface area contributed by atoms with Crippen LogP contribution in [0.2, 0.25) is 5.02 Å². The summed E-state index contributed by atoms with van der Waals surface area (Å²) in [5.41, 5.74) is 1.61. The molecule has 2 aromatic carbocycles. The topological polar surface area (TPSA) is 53.5 Å². The molecule has 1 aliphatic heterocycles. The summed E-state index contributed by atoms with van der Waals surface area (Å²) in [7, 11) is 0. The lowest BCUT2D eigenvalue weighted by atomic mass is 10.2. The first-order valence-electron chi connectivity index (χ1n) is 8.97. The zero-order chi connectivity index (χ0) is 19.5. The molecule has 0 saturated carbocycles. The van der Waals surface area contributed by atoms with Crippen LogP contribution >= 0.6 is 22.9 Å². The predicted molar refractivity (Wildman–Crippen MR) is 111 cm³/mol. The van der Waals surface area contributed by atoms with E-state index in [0.29, 0.717) is 41.6 Å². The number of rotatable bonds is 3. The normalized spacial score (nSPS) is 14.2. The molecule has 0 unspecified atom stereocenters. The zero-order valence-corrected chi connectivity index (χ0v) is 16.6. The minimum absolute atomic E-state index is 0.0294. The Morgan fingerprint density at radius 3 is 2.11 bits per heavy atom. The second-order valence-corrected chi connectivity index (χ2v) is 7.95. The van der Waals surface area contributed by atoms with Gasteiger partial charge in [0.1, 0.15) is 9.88 Å². The van der Waals surface area contributed by atoms with Crippen LogP contribution in [-0.2, 0) is 0 Å². The zero-order valence-electron chi connectivity index (χ0n) is 15.0.